The van der Waals surface area contributed by atoms with Crippen LogP contribution in [0, 0.1) is 0 Å². The first-order valence-corrected chi connectivity index (χ1v) is 28.2. The first-order valence-electron chi connectivity index (χ1n) is 28.2. The Bertz CT molecular complexity index is 2720. The van der Waals surface area contributed by atoms with Gasteiger partial charge in [-0.2, -0.15) is 8.78 Å². The minimum Gasteiger partial charge on any atom is -0.491 e. The summed E-state index contributed by atoms with van der Waals surface area (Å²) in [6, 6.07) is 44.1. The summed E-state index contributed by atoms with van der Waals surface area (Å²) in [5.74, 6) is 3.02. The molecule has 0 bridgehead atoms. The molecular weight excluding hydrogens is 1090 g/mol. The minimum absolute atomic E-state index is 0.0124. The number of hydrogen-bond acceptors (Lipinski definition) is 12. The van der Waals surface area contributed by atoms with Crippen LogP contribution < -0.4 is 28.4 Å². The van der Waals surface area contributed by atoms with Gasteiger partial charge in [-0.3, -0.25) is 0 Å². The maximum absolute atomic E-state index is 12.4. The molecule has 0 amide bonds. The Balaban J connectivity index is 0.000000270. The predicted molar refractivity (Wildman–Crippen MR) is 319 cm³/mol. The van der Waals surface area contributed by atoms with E-state index >= 15 is 0 Å². The Kier molecular flexibility index (Phi) is 32.6. The molecule has 0 saturated carbocycles. The summed E-state index contributed by atoms with van der Waals surface area (Å²) in [6.07, 6.45) is 2.39. The number of alkyl halides is 6. The molecule has 0 aliphatic carbocycles. The lowest BCUT2D eigenvalue weighted by Crippen LogP contribution is -2.26. The minimum atomic E-state index is -4.69. The number of aryl methyl sites for hydroxylation is 6. The first kappa shape index (κ1) is 69.9. The van der Waals surface area contributed by atoms with E-state index in [1.165, 1.54) is 18.2 Å². The van der Waals surface area contributed by atoms with Gasteiger partial charge in [-0.05, 0) is 188 Å². The van der Waals surface area contributed by atoms with Gasteiger partial charge in [-0.1, -0.05) is 91.0 Å². The second kappa shape index (κ2) is 39.1. The van der Waals surface area contributed by atoms with Crippen LogP contribution in [-0.4, -0.2) is 156 Å². The van der Waals surface area contributed by atoms with Gasteiger partial charge in [0.2, 0.25) is 6.86 Å². The van der Waals surface area contributed by atoms with Crippen LogP contribution in [0.4, 0.5) is 26.3 Å². The molecule has 0 N–H and O–H groups in total. The third-order valence-electron chi connectivity index (χ3n) is 13.3. The smallest absolute Gasteiger partial charge is 0.491 e. The average molecular weight is 1180 g/mol. The molecule has 462 valence electrons. The summed E-state index contributed by atoms with van der Waals surface area (Å²) >= 11 is 0. The fourth-order valence-electron chi connectivity index (χ4n) is 8.58. The van der Waals surface area contributed by atoms with Crippen molar-refractivity contribution in [3.05, 3.63) is 179 Å². The molecule has 0 spiro atoms. The van der Waals surface area contributed by atoms with Crippen LogP contribution in [0.25, 0.3) is 0 Å². The summed E-state index contributed by atoms with van der Waals surface area (Å²) in [6.45, 7) is 0.623. The molecule has 12 nitrogen and oxygen atoms in total. The van der Waals surface area contributed by atoms with Gasteiger partial charge in [0.05, 0.1) is 18.3 Å². The number of halogens is 6. The predicted octanol–water partition coefficient (Wildman–Crippen LogP) is 13.3. The molecule has 0 saturated heterocycles. The van der Waals surface area contributed by atoms with E-state index in [1.54, 1.807) is 51.7 Å². The fraction of sp³-hybridized carbons (Fsp3) is 0.455. The normalized spacial score (nSPS) is 12.5. The molecule has 0 fully saturated rings. The van der Waals surface area contributed by atoms with Crippen LogP contribution in [0.1, 0.15) is 52.6 Å². The molecular formula is C66H87F6N3O9. The third-order valence-corrected chi connectivity index (χ3v) is 13.3. The zero-order chi connectivity index (χ0) is 61.1. The molecule has 0 aliphatic rings. The van der Waals surface area contributed by atoms with E-state index in [1.807, 2.05) is 119 Å². The topological polar surface area (TPSA) is 92.8 Å². The highest BCUT2D eigenvalue weighted by Gasteiger charge is 2.31. The van der Waals surface area contributed by atoms with Crippen molar-refractivity contribution in [2.45, 2.75) is 89.1 Å². The van der Waals surface area contributed by atoms with Crippen LogP contribution in [0.3, 0.4) is 0 Å². The second-order valence-corrected chi connectivity index (χ2v) is 20.7. The van der Waals surface area contributed by atoms with E-state index in [0.29, 0.717) is 44.8 Å². The lowest BCUT2D eigenvalue weighted by atomic mass is 10.0. The zero-order valence-electron chi connectivity index (χ0n) is 50.3. The quantitative estimate of drug-likeness (QED) is 0.0355. The Labute approximate surface area is 494 Å². The number of ether oxygens (including phenoxy) is 9. The average Bonchev–Trinajstić information content (AvgIpc) is 3.51. The number of benzene rings is 6. The molecule has 0 aromatic heterocycles. The van der Waals surface area contributed by atoms with Crippen LogP contribution in [0.5, 0.6) is 34.5 Å². The monoisotopic (exact) mass is 1180 g/mol. The van der Waals surface area contributed by atoms with E-state index in [0.717, 1.165) is 109 Å². The third kappa shape index (κ3) is 29.3. The summed E-state index contributed by atoms with van der Waals surface area (Å²) < 4.78 is 122. The van der Waals surface area contributed by atoms with Crippen molar-refractivity contribution < 1.29 is 69.0 Å². The molecule has 3 atom stereocenters. The fourth-order valence-corrected chi connectivity index (χ4v) is 8.58. The molecule has 0 radical (unpaired) electrons. The second-order valence-electron chi connectivity index (χ2n) is 20.7. The van der Waals surface area contributed by atoms with E-state index in [2.05, 4.69) is 44.3 Å². The van der Waals surface area contributed by atoms with Crippen LogP contribution in [0.2, 0.25) is 0 Å². The van der Waals surface area contributed by atoms with Gasteiger partial charge in [0.1, 0.15) is 54.3 Å². The molecule has 6 aromatic rings. The summed E-state index contributed by atoms with van der Waals surface area (Å²) in [5, 5.41) is 0. The van der Waals surface area contributed by atoms with Crippen molar-refractivity contribution >= 4 is 0 Å². The lowest BCUT2D eigenvalue weighted by molar-refractivity contribution is -0.274. The van der Waals surface area contributed by atoms with E-state index in [9.17, 15) is 26.3 Å². The van der Waals surface area contributed by atoms with Crippen LogP contribution >= 0.6 is 0 Å². The summed E-state index contributed by atoms with van der Waals surface area (Å²) in [7, 11) is 17.3. The number of nitrogens with zero attached hydrogens (tertiary/aromatic N) is 3. The number of para-hydroxylation sites is 3. The van der Waals surface area contributed by atoms with Crippen molar-refractivity contribution in [1.29, 1.82) is 0 Å². The highest BCUT2D eigenvalue weighted by atomic mass is 19.4. The molecule has 84 heavy (non-hydrogen) atoms. The Morgan fingerprint density at radius 2 is 0.738 bits per heavy atom. The highest BCUT2D eigenvalue weighted by Crippen LogP contribution is 2.27. The van der Waals surface area contributed by atoms with Gasteiger partial charge in [0.25, 0.3) is 0 Å². The standard InChI is InChI=1S/C22H28F3NO3.C22H29F2NO3.C22H30FNO3/c1-26(2)14-13-20(27-3)16-28-21-10-5-4-8-18(21)12-11-17-7-6-9-19(15-17)29-22(23,24)25;1-25(2)14-13-20(26-3)16-27-21-10-5-4-8-18(21)12-11-17-7-6-9-19(15-17)28-22(23)24;1-24(2)14-13-21(25-3)16-26-22-10-5-4-8-19(22)12-11-18-7-6-9-20(15-18)27-17-23/h4-10,15,20H,11-14,16H2,1-3H3;4-10,15,20,22H,11-14,16H2,1-3H3;4-10,15,21H,11-14,16-17H2,1-3H3. The van der Waals surface area contributed by atoms with Gasteiger partial charge < -0.3 is 57.3 Å². The Hall–Kier alpha value is -6.54. The highest BCUT2D eigenvalue weighted by molar-refractivity contribution is 5.38. The maximum Gasteiger partial charge on any atom is 0.573 e. The van der Waals surface area contributed by atoms with E-state index < -0.39 is 19.8 Å². The van der Waals surface area contributed by atoms with Crippen molar-refractivity contribution in [1.82, 2.24) is 14.7 Å². The maximum atomic E-state index is 12.4. The molecule has 6 rings (SSSR count). The summed E-state index contributed by atoms with van der Waals surface area (Å²) in [5.41, 5.74) is 6.03. The lowest BCUT2D eigenvalue weighted by Gasteiger charge is -2.19. The molecule has 0 heterocycles. The number of methoxy groups -OCH3 is 3. The molecule has 18 heteroatoms. The largest absolute Gasteiger partial charge is 0.573 e. The van der Waals surface area contributed by atoms with Crippen LogP contribution in [0.15, 0.2) is 146 Å². The van der Waals surface area contributed by atoms with Gasteiger partial charge in [-0.25, -0.2) is 4.39 Å². The van der Waals surface area contributed by atoms with Gasteiger partial charge in [-0.15, -0.1) is 13.2 Å². The molecule has 6 aromatic carbocycles. The first-order chi connectivity index (χ1) is 40.4. The molecule has 3 unspecified atom stereocenters. The van der Waals surface area contributed by atoms with Gasteiger partial charge in [0.15, 0.2) is 0 Å². The zero-order valence-corrected chi connectivity index (χ0v) is 50.3. The SMILES string of the molecule is COC(CCN(C)C)COc1ccccc1CCc1cccc(OC(F)(F)F)c1.COC(CCN(C)C)COc1ccccc1CCc1cccc(OC(F)F)c1.COC(CCN(C)C)COc1ccccc1CCc1cccc(OCF)c1. The van der Waals surface area contributed by atoms with Gasteiger partial charge >= 0.3 is 13.0 Å². The van der Waals surface area contributed by atoms with Gasteiger partial charge in [0, 0.05) is 41.0 Å². The number of hydrogen-bond donors (Lipinski definition) is 0. The molecule has 0 aliphatic heterocycles. The van der Waals surface area contributed by atoms with Crippen molar-refractivity contribution in [3.8, 4) is 34.5 Å². The van der Waals surface area contributed by atoms with Crippen molar-refractivity contribution in [3.63, 3.8) is 0 Å². The Morgan fingerprint density at radius 1 is 0.405 bits per heavy atom. The number of rotatable bonds is 35. The van der Waals surface area contributed by atoms with E-state index in [-0.39, 0.29) is 29.8 Å². The van der Waals surface area contributed by atoms with E-state index in [4.69, 9.17) is 33.2 Å². The van der Waals surface area contributed by atoms with Crippen molar-refractivity contribution in [2.75, 3.05) is 110 Å². The summed E-state index contributed by atoms with van der Waals surface area (Å²) in [4.78, 5) is 6.35. The van der Waals surface area contributed by atoms with Crippen molar-refractivity contribution in [2.24, 2.45) is 0 Å². The van der Waals surface area contributed by atoms with Crippen LogP contribution in [-0.2, 0) is 52.7 Å². The Morgan fingerprint density at radius 3 is 1.07 bits per heavy atom.